The highest BCUT2D eigenvalue weighted by Crippen LogP contribution is 2.18. The summed E-state index contributed by atoms with van der Waals surface area (Å²) < 4.78 is 0. The maximum absolute atomic E-state index is 11.2. The fourth-order valence-corrected chi connectivity index (χ4v) is 1.50. The van der Waals surface area contributed by atoms with Gasteiger partial charge in [0.1, 0.15) is 0 Å². The van der Waals surface area contributed by atoms with Gasteiger partial charge in [-0.25, -0.2) is 15.8 Å². The Labute approximate surface area is 103 Å². The van der Waals surface area contributed by atoms with Crippen molar-refractivity contribution in [1.29, 1.82) is 0 Å². The second-order valence-corrected chi connectivity index (χ2v) is 3.72. The molecule has 0 aliphatic carbocycles. The van der Waals surface area contributed by atoms with Crippen molar-refractivity contribution in [2.24, 2.45) is 5.84 Å². The van der Waals surface area contributed by atoms with Gasteiger partial charge in [0.25, 0.3) is 5.91 Å². The molecule has 0 fully saturated rings. The van der Waals surface area contributed by atoms with Crippen LogP contribution in [0.5, 0.6) is 0 Å². The Balaban J connectivity index is 2.32. The average Bonchev–Trinajstić information content (AvgIpc) is 2.38. The van der Waals surface area contributed by atoms with Crippen LogP contribution >= 0.6 is 11.6 Å². The Kier molecular flexibility index (Phi) is 3.32. The van der Waals surface area contributed by atoms with Gasteiger partial charge in [0.2, 0.25) is 0 Å². The number of amides is 1. The summed E-state index contributed by atoms with van der Waals surface area (Å²) >= 11 is 5.86. The highest BCUT2D eigenvalue weighted by Gasteiger charge is 2.06. The Hall–Kier alpha value is -1.98. The highest BCUT2D eigenvalue weighted by atomic mass is 35.5. The van der Waals surface area contributed by atoms with Crippen LogP contribution in [0.2, 0.25) is 5.02 Å². The average molecular weight is 249 g/mol. The Morgan fingerprint density at radius 2 is 2.00 bits per heavy atom. The predicted octanol–water partition coefficient (Wildman–Crippen LogP) is 1.40. The third-order valence-corrected chi connectivity index (χ3v) is 2.36. The van der Waals surface area contributed by atoms with Gasteiger partial charge in [-0.3, -0.25) is 10.2 Å². The van der Waals surface area contributed by atoms with Crippen LogP contribution in [0.3, 0.4) is 0 Å². The molecule has 0 aliphatic rings. The van der Waals surface area contributed by atoms with Crippen LogP contribution in [0.1, 0.15) is 10.4 Å². The molecule has 0 unspecified atom stereocenters. The predicted molar refractivity (Wildman–Crippen MR) is 64.1 cm³/mol. The molecular formula is C11H9ClN4O. The number of nitrogens with two attached hydrogens (primary N) is 1. The fraction of sp³-hybridized carbons (Fsp3) is 0. The number of carbonyl (C=O) groups excluding carboxylic acids is 1. The molecule has 1 amide bonds. The zero-order valence-electron chi connectivity index (χ0n) is 8.72. The lowest BCUT2D eigenvalue weighted by atomic mass is 10.2. The van der Waals surface area contributed by atoms with Gasteiger partial charge in [-0.1, -0.05) is 23.7 Å². The summed E-state index contributed by atoms with van der Waals surface area (Å²) in [5.74, 6) is 5.07. The van der Waals surface area contributed by atoms with E-state index in [1.807, 2.05) is 17.6 Å². The molecule has 0 spiro atoms. The Bertz CT molecular complexity index is 541. The van der Waals surface area contributed by atoms with E-state index in [4.69, 9.17) is 17.4 Å². The first kappa shape index (κ1) is 11.5. The van der Waals surface area contributed by atoms with Crippen molar-refractivity contribution in [3.63, 3.8) is 0 Å². The first-order chi connectivity index (χ1) is 8.20. The molecular weight excluding hydrogens is 240 g/mol. The molecule has 2 rings (SSSR count). The molecule has 86 valence electrons. The number of hydrogen-bond acceptors (Lipinski definition) is 4. The van der Waals surface area contributed by atoms with Crippen molar-refractivity contribution < 1.29 is 4.79 Å². The lowest BCUT2D eigenvalue weighted by Gasteiger charge is -2.02. The molecule has 17 heavy (non-hydrogen) atoms. The molecule has 3 N–H and O–H groups in total. The van der Waals surface area contributed by atoms with Crippen molar-refractivity contribution in [2.75, 3.05) is 0 Å². The number of halogens is 1. The van der Waals surface area contributed by atoms with E-state index in [0.717, 1.165) is 5.56 Å². The number of nitrogens with one attached hydrogen (secondary N) is 1. The van der Waals surface area contributed by atoms with E-state index in [1.54, 1.807) is 12.1 Å². The maximum Gasteiger partial charge on any atom is 0.268 e. The summed E-state index contributed by atoms with van der Waals surface area (Å²) in [6.07, 6.45) is 2.82. The van der Waals surface area contributed by atoms with Gasteiger partial charge in [-0.15, -0.1) is 0 Å². The largest absolute Gasteiger partial charge is 0.290 e. The maximum atomic E-state index is 11.2. The van der Waals surface area contributed by atoms with Crippen LogP contribution in [-0.2, 0) is 0 Å². The van der Waals surface area contributed by atoms with Crippen LogP contribution in [-0.4, -0.2) is 15.9 Å². The van der Waals surface area contributed by atoms with Gasteiger partial charge in [0.15, 0.2) is 5.82 Å². The summed E-state index contributed by atoms with van der Waals surface area (Å²) in [7, 11) is 0. The van der Waals surface area contributed by atoms with Gasteiger partial charge in [-0.05, 0) is 12.1 Å². The van der Waals surface area contributed by atoms with E-state index in [0.29, 0.717) is 16.4 Å². The van der Waals surface area contributed by atoms with E-state index in [1.165, 1.54) is 12.4 Å². The van der Waals surface area contributed by atoms with Gasteiger partial charge in [-0.2, -0.15) is 0 Å². The molecule has 0 saturated carbocycles. The third kappa shape index (κ3) is 2.58. The van der Waals surface area contributed by atoms with E-state index in [-0.39, 0.29) is 0 Å². The lowest BCUT2D eigenvalue weighted by molar-refractivity contribution is 0.0953. The monoisotopic (exact) mass is 248 g/mol. The molecule has 0 radical (unpaired) electrons. The van der Waals surface area contributed by atoms with Crippen LogP contribution in [0.15, 0.2) is 36.7 Å². The van der Waals surface area contributed by atoms with Gasteiger partial charge >= 0.3 is 0 Å². The standard InChI is InChI=1S/C11H9ClN4O/c12-9-3-1-2-7(4-9)10-14-5-8(6-15-10)11(17)16-13/h1-6H,13H2,(H,16,17). The summed E-state index contributed by atoms with van der Waals surface area (Å²) in [6, 6.07) is 7.16. The number of benzene rings is 1. The van der Waals surface area contributed by atoms with Gasteiger partial charge in [0, 0.05) is 23.0 Å². The first-order valence-corrected chi connectivity index (χ1v) is 5.17. The molecule has 0 aliphatic heterocycles. The molecule has 1 aromatic carbocycles. The number of aromatic nitrogens is 2. The van der Waals surface area contributed by atoms with Crippen molar-refractivity contribution in [3.05, 3.63) is 47.2 Å². The number of carbonyl (C=O) groups is 1. The van der Waals surface area contributed by atoms with Crippen molar-refractivity contribution in [1.82, 2.24) is 15.4 Å². The second kappa shape index (κ2) is 4.90. The van der Waals surface area contributed by atoms with Crippen molar-refractivity contribution in [2.45, 2.75) is 0 Å². The number of nitrogen functional groups attached to an aromatic ring is 1. The number of nitrogens with zero attached hydrogens (tertiary/aromatic N) is 2. The zero-order chi connectivity index (χ0) is 12.3. The van der Waals surface area contributed by atoms with E-state index >= 15 is 0 Å². The normalized spacial score (nSPS) is 10.0. The lowest BCUT2D eigenvalue weighted by Crippen LogP contribution is -2.30. The van der Waals surface area contributed by atoms with E-state index in [2.05, 4.69) is 9.97 Å². The van der Waals surface area contributed by atoms with Crippen LogP contribution in [0, 0.1) is 0 Å². The SMILES string of the molecule is NNC(=O)c1cnc(-c2cccc(Cl)c2)nc1. The topological polar surface area (TPSA) is 80.9 Å². The summed E-state index contributed by atoms with van der Waals surface area (Å²) in [5, 5.41) is 0.606. The number of hydrogen-bond donors (Lipinski definition) is 2. The minimum absolute atomic E-state index is 0.304. The molecule has 1 aromatic heterocycles. The number of rotatable bonds is 2. The smallest absolute Gasteiger partial charge is 0.268 e. The summed E-state index contributed by atoms with van der Waals surface area (Å²) in [5.41, 5.74) is 3.10. The minimum atomic E-state index is -0.428. The minimum Gasteiger partial charge on any atom is -0.290 e. The summed E-state index contributed by atoms with van der Waals surface area (Å²) in [6.45, 7) is 0. The van der Waals surface area contributed by atoms with E-state index < -0.39 is 5.91 Å². The van der Waals surface area contributed by atoms with Crippen LogP contribution in [0.4, 0.5) is 0 Å². The molecule has 6 heteroatoms. The molecule has 0 bridgehead atoms. The molecule has 0 saturated heterocycles. The summed E-state index contributed by atoms with van der Waals surface area (Å²) in [4.78, 5) is 19.3. The third-order valence-electron chi connectivity index (χ3n) is 2.13. The zero-order valence-corrected chi connectivity index (χ0v) is 9.48. The van der Waals surface area contributed by atoms with Gasteiger partial charge < -0.3 is 0 Å². The van der Waals surface area contributed by atoms with Crippen LogP contribution < -0.4 is 11.3 Å². The first-order valence-electron chi connectivity index (χ1n) is 4.79. The molecule has 0 atom stereocenters. The second-order valence-electron chi connectivity index (χ2n) is 3.28. The number of hydrazine groups is 1. The quantitative estimate of drug-likeness (QED) is 0.478. The highest BCUT2D eigenvalue weighted by molar-refractivity contribution is 6.30. The van der Waals surface area contributed by atoms with Crippen molar-refractivity contribution >= 4 is 17.5 Å². The molecule has 1 heterocycles. The van der Waals surface area contributed by atoms with E-state index in [9.17, 15) is 4.79 Å². The van der Waals surface area contributed by atoms with Crippen LogP contribution in [0.25, 0.3) is 11.4 Å². The molecule has 2 aromatic rings. The molecule has 5 nitrogen and oxygen atoms in total. The fourth-order valence-electron chi connectivity index (χ4n) is 1.31. The Morgan fingerprint density at radius 3 is 2.59 bits per heavy atom. The van der Waals surface area contributed by atoms with Crippen molar-refractivity contribution in [3.8, 4) is 11.4 Å². The van der Waals surface area contributed by atoms with Gasteiger partial charge in [0.05, 0.1) is 5.56 Å². The Morgan fingerprint density at radius 1 is 1.29 bits per heavy atom.